The van der Waals surface area contributed by atoms with Crippen LogP contribution in [0.15, 0.2) is 24.3 Å². The summed E-state index contributed by atoms with van der Waals surface area (Å²) in [5, 5.41) is 2.70. The number of hydrogen-bond acceptors (Lipinski definition) is 3. The lowest BCUT2D eigenvalue weighted by atomic mass is 9.95. The number of benzene rings is 1. The molecule has 0 spiro atoms. The van der Waals surface area contributed by atoms with Gasteiger partial charge in [-0.15, -0.1) is 12.3 Å². The SMILES string of the molecule is C#CCC(C(=O)NC(=O)OC(C)(C)C)c1cccc(Cl)c1. The number of nitrogens with one attached hydrogen (secondary N) is 1. The molecular weight excluding hydrogens is 290 g/mol. The van der Waals surface area contributed by atoms with E-state index in [4.69, 9.17) is 22.8 Å². The molecule has 1 rings (SSSR count). The summed E-state index contributed by atoms with van der Waals surface area (Å²) in [6.07, 6.45) is 4.66. The molecule has 1 aromatic rings. The average Bonchev–Trinajstić information content (AvgIpc) is 2.33. The van der Waals surface area contributed by atoms with Crippen LogP contribution in [0.3, 0.4) is 0 Å². The molecule has 0 bridgehead atoms. The fourth-order valence-corrected chi connectivity index (χ4v) is 1.89. The molecular formula is C16H18ClNO3. The van der Waals surface area contributed by atoms with Crippen molar-refractivity contribution in [2.75, 3.05) is 0 Å². The molecule has 0 aliphatic rings. The second kappa shape index (κ2) is 7.14. The highest BCUT2D eigenvalue weighted by molar-refractivity contribution is 6.30. The second-order valence-electron chi connectivity index (χ2n) is 5.51. The van der Waals surface area contributed by atoms with Crippen molar-refractivity contribution >= 4 is 23.6 Å². The van der Waals surface area contributed by atoms with E-state index in [1.165, 1.54) is 0 Å². The smallest absolute Gasteiger partial charge is 0.414 e. The van der Waals surface area contributed by atoms with E-state index in [2.05, 4.69) is 11.2 Å². The van der Waals surface area contributed by atoms with Crippen LogP contribution in [0.2, 0.25) is 5.02 Å². The van der Waals surface area contributed by atoms with E-state index in [0.717, 1.165) is 0 Å². The third-order valence-corrected chi connectivity index (χ3v) is 2.75. The van der Waals surface area contributed by atoms with E-state index in [-0.39, 0.29) is 6.42 Å². The van der Waals surface area contributed by atoms with Crippen LogP contribution in [0.25, 0.3) is 0 Å². The van der Waals surface area contributed by atoms with Gasteiger partial charge in [-0.25, -0.2) is 4.79 Å². The third-order valence-electron chi connectivity index (χ3n) is 2.51. The number of carbonyl (C=O) groups is 2. The molecule has 21 heavy (non-hydrogen) atoms. The Morgan fingerprint density at radius 3 is 2.62 bits per heavy atom. The molecule has 4 nitrogen and oxygen atoms in total. The largest absolute Gasteiger partial charge is 0.444 e. The number of imide groups is 1. The highest BCUT2D eigenvalue weighted by Crippen LogP contribution is 2.23. The Morgan fingerprint density at radius 2 is 2.10 bits per heavy atom. The zero-order valence-electron chi connectivity index (χ0n) is 12.3. The van der Waals surface area contributed by atoms with Gasteiger partial charge in [0.15, 0.2) is 0 Å². The van der Waals surface area contributed by atoms with Crippen LogP contribution in [-0.2, 0) is 9.53 Å². The number of hydrogen-bond donors (Lipinski definition) is 1. The summed E-state index contributed by atoms with van der Waals surface area (Å²) in [6.45, 7) is 5.15. The van der Waals surface area contributed by atoms with Crippen molar-refractivity contribution in [3.8, 4) is 12.3 Å². The first-order valence-corrected chi connectivity index (χ1v) is 6.83. The summed E-state index contributed by atoms with van der Waals surface area (Å²) < 4.78 is 5.05. The molecule has 2 amide bonds. The predicted octanol–water partition coefficient (Wildman–Crippen LogP) is 3.50. The minimum Gasteiger partial charge on any atom is -0.444 e. The van der Waals surface area contributed by atoms with Gasteiger partial charge >= 0.3 is 6.09 Å². The summed E-state index contributed by atoms with van der Waals surface area (Å²) in [5.74, 6) is 1.27. The summed E-state index contributed by atoms with van der Waals surface area (Å²) in [4.78, 5) is 23.8. The lowest BCUT2D eigenvalue weighted by Crippen LogP contribution is -2.38. The maximum absolute atomic E-state index is 12.2. The van der Waals surface area contributed by atoms with Gasteiger partial charge in [-0.3, -0.25) is 10.1 Å². The first kappa shape index (κ1) is 17.1. The molecule has 0 fully saturated rings. The Hall–Kier alpha value is -1.99. The van der Waals surface area contributed by atoms with Crippen LogP contribution in [-0.4, -0.2) is 17.6 Å². The van der Waals surface area contributed by atoms with Crippen LogP contribution in [0.5, 0.6) is 0 Å². The number of alkyl carbamates (subject to hydrolysis) is 1. The van der Waals surface area contributed by atoms with Gasteiger partial charge in [0.05, 0.1) is 5.92 Å². The van der Waals surface area contributed by atoms with Crippen LogP contribution in [0.4, 0.5) is 4.79 Å². The maximum atomic E-state index is 12.2. The molecule has 0 saturated carbocycles. The molecule has 0 heterocycles. The Bertz CT molecular complexity index is 570. The minimum absolute atomic E-state index is 0.162. The van der Waals surface area contributed by atoms with Crippen molar-refractivity contribution in [1.82, 2.24) is 5.32 Å². The molecule has 1 N–H and O–H groups in total. The van der Waals surface area contributed by atoms with Crippen molar-refractivity contribution in [3.05, 3.63) is 34.9 Å². The lowest BCUT2D eigenvalue weighted by molar-refractivity contribution is -0.122. The van der Waals surface area contributed by atoms with Gasteiger partial charge in [0.2, 0.25) is 5.91 Å². The molecule has 1 unspecified atom stereocenters. The van der Waals surface area contributed by atoms with Gasteiger partial charge in [-0.2, -0.15) is 0 Å². The molecule has 0 saturated heterocycles. The number of rotatable bonds is 3. The first-order chi connectivity index (χ1) is 9.73. The fourth-order valence-electron chi connectivity index (χ4n) is 1.69. The standard InChI is InChI=1S/C16H18ClNO3/c1-5-7-13(11-8-6-9-12(17)10-11)14(19)18-15(20)21-16(2,3)4/h1,6,8-10,13H,7H2,2-4H3,(H,18,19,20). The number of carbonyl (C=O) groups excluding carboxylic acids is 2. The molecule has 0 radical (unpaired) electrons. The minimum atomic E-state index is -0.795. The van der Waals surface area contributed by atoms with E-state index in [9.17, 15) is 9.59 Å². The first-order valence-electron chi connectivity index (χ1n) is 6.45. The highest BCUT2D eigenvalue weighted by atomic mass is 35.5. The Morgan fingerprint density at radius 1 is 1.43 bits per heavy atom. The zero-order chi connectivity index (χ0) is 16.0. The summed E-state index contributed by atoms with van der Waals surface area (Å²) in [5.41, 5.74) is -0.0244. The number of terminal acetylenes is 1. The van der Waals surface area contributed by atoms with Crippen LogP contribution in [0.1, 0.15) is 38.7 Å². The van der Waals surface area contributed by atoms with Crippen LogP contribution >= 0.6 is 11.6 Å². The van der Waals surface area contributed by atoms with Crippen LogP contribution in [0, 0.1) is 12.3 Å². The highest BCUT2D eigenvalue weighted by Gasteiger charge is 2.24. The van der Waals surface area contributed by atoms with Gasteiger partial charge in [0.1, 0.15) is 5.60 Å². The van der Waals surface area contributed by atoms with Gasteiger partial charge in [0.25, 0.3) is 0 Å². The van der Waals surface area contributed by atoms with E-state index in [1.54, 1.807) is 45.0 Å². The second-order valence-corrected chi connectivity index (χ2v) is 5.94. The molecule has 0 aliphatic carbocycles. The summed E-state index contributed by atoms with van der Waals surface area (Å²) >= 11 is 5.91. The summed E-state index contributed by atoms with van der Waals surface area (Å²) in [7, 11) is 0. The molecule has 1 atom stereocenters. The van der Waals surface area contributed by atoms with Crippen molar-refractivity contribution in [3.63, 3.8) is 0 Å². The molecule has 1 aromatic carbocycles. The molecule has 112 valence electrons. The maximum Gasteiger partial charge on any atom is 0.414 e. The molecule has 5 heteroatoms. The Balaban J connectivity index is 2.84. The summed E-state index contributed by atoms with van der Waals surface area (Å²) in [6, 6.07) is 6.81. The Kier molecular flexibility index (Phi) is 5.80. The van der Waals surface area contributed by atoms with Crippen LogP contribution < -0.4 is 5.32 Å². The van der Waals surface area contributed by atoms with Crippen molar-refractivity contribution in [2.45, 2.75) is 38.7 Å². The van der Waals surface area contributed by atoms with E-state index >= 15 is 0 Å². The van der Waals surface area contributed by atoms with Crippen molar-refractivity contribution in [2.24, 2.45) is 0 Å². The predicted molar refractivity (Wildman–Crippen MR) is 82.0 cm³/mol. The van der Waals surface area contributed by atoms with Gasteiger partial charge in [-0.05, 0) is 38.5 Å². The van der Waals surface area contributed by atoms with Gasteiger partial charge in [-0.1, -0.05) is 23.7 Å². The van der Waals surface area contributed by atoms with Crippen molar-refractivity contribution < 1.29 is 14.3 Å². The molecule has 0 aliphatic heterocycles. The Labute approximate surface area is 129 Å². The fraction of sp³-hybridized carbons (Fsp3) is 0.375. The quantitative estimate of drug-likeness (QED) is 0.870. The van der Waals surface area contributed by atoms with E-state index in [1.807, 2.05) is 0 Å². The monoisotopic (exact) mass is 307 g/mol. The van der Waals surface area contributed by atoms with Gasteiger partial charge < -0.3 is 4.74 Å². The number of halogens is 1. The normalized spacial score (nSPS) is 12.1. The average molecular weight is 308 g/mol. The van der Waals surface area contributed by atoms with Gasteiger partial charge in [0, 0.05) is 11.4 Å². The van der Waals surface area contributed by atoms with Crippen molar-refractivity contribution in [1.29, 1.82) is 0 Å². The van der Waals surface area contributed by atoms with E-state index in [0.29, 0.717) is 10.6 Å². The number of ether oxygens (including phenoxy) is 1. The van der Waals surface area contributed by atoms with E-state index < -0.39 is 23.5 Å². The topological polar surface area (TPSA) is 55.4 Å². The third kappa shape index (κ3) is 5.88. The zero-order valence-corrected chi connectivity index (χ0v) is 13.0. The lowest BCUT2D eigenvalue weighted by Gasteiger charge is -2.20. The number of amides is 2. The molecule has 0 aromatic heterocycles.